The minimum absolute atomic E-state index is 0.0266. The third-order valence-electron chi connectivity index (χ3n) is 5.49. The summed E-state index contributed by atoms with van der Waals surface area (Å²) >= 11 is 0. The maximum absolute atomic E-state index is 12.5. The Morgan fingerprint density at radius 1 is 0.929 bits per heavy atom. The van der Waals surface area contributed by atoms with Crippen molar-refractivity contribution in [2.75, 3.05) is 33.2 Å². The Bertz CT molecular complexity index is 799. The molecule has 0 saturated heterocycles. The molecule has 150 valence electrons. The minimum atomic E-state index is -0.230. The van der Waals surface area contributed by atoms with Gasteiger partial charge in [0.05, 0.1) is 21.3 Å². The Balaban J connectivity index is 1.66. The molecule has 0 radical (unpaired) electrons. The molecule has 6 nitrogen and oxygen atoms in total. The molecule has 1 aliphatic carbocycles. The quantitative estimate of drug-likeness (QED) is 0.745. The fourth-order valence-electron chi connectivity index (χ4n) is 3.90. The van der Waals surface area contributed by atoms with Crippen LogP contribution in [0.5, 0.6) is 17.2 Å². The Labute approximate surface area is 166 Å². The van der Waals surface area contributed by atoms with Crippen molar-refractivity contribution in [2.24, 2.45) is 0 Å². The van der Waals surface area contributed by atoms with Gasteiger partial charge in [-0.2, -0.15) is 0 Å². The van der Waals surface area contributed by atoms with Gasteiger partial charge in [0, 0.05) is 23.7 Å². The molecule has 2 amide bonds. The molecular weight excluding hydrogens is 356 g/mol. The van der Waals surface area contributed by atoms with Gasteiger partial charge in [0.1, 0.15) is 5.75 Å². The highest BCUT2D eigenvalue weighted by Crippen LogP contribution is 2.41. The maximum Gasteiger partial charge on any atom is 0.319 e. The van der Waals surface area contributed by atoms with Crippen LogP contribution < -0.4 is 24.8 Å². The fraction of sp³-hybridized carbons (Fsp3) is 0.409. The first-order valence-corrected chi connectivity index (χ1v) is 9.51. The smallest absolute Gasteiger partial charge is 0.319 e. The number of rotatable bonds is 7. The summed E-state index contributed by atoms with van der Waals surface area (Å²) in [5.74, 6) is 2.04. The van der Waals surface area contributed by atoms with E-state index in [2.05, 4.69) is 22.8 Å². The zero-order chi connectivity index (χ0) is 20.0. The number of amides is 2. The van der Waals surface area contributed by atoms with Crippen molar-refractivity contribution in [2.45, 2.75) is 31.1 Å². The van der Waals surface area contributed by atoms with Crippen LogP contribution in [0.3, 0.4) is 0 Å². The maximum atomic E-state index is 12.5. The molecule has 2 aromatic rings. The molecule has 0 aliphatic heterocycles. The Hall–Kier alpha value is -2.89. The number of urea groups is 1. The average molecular weight is 384 g/mol. The summed E-state index contributed by atoms with van der Waals surface area (Å²) < 4.78 is 15.8. The van der Waals surface area contributed by atoms with Crippen LogP contribution in [0, 0.1) is 0 Å². The van der Waals surface area contributed by atoms with Gasteiger partial charge in [-0.1, -0.05) is 25.0 Å². The Morgan fingerprint density at radius 3 is 2.21 bits per heavy atom. The largest absolute Gasteiger partial charge is 0.497 e. The van der Waals surface area contributed by atoms with Gasteiger partial charge in [0.15, 0.2) is 11.5 Å². The number of ether oxygens (including phenoxy) is 3. The molecule has 1 fully saturated rings. The van der Waals surface area contributed by atoms with E-state index in [1.54, 1.807) is 39.5 Å². The lowest BCUT2D eigenvalue weighted by Gasteiger charge is -2.30. The number of hydrogen-bond acceptors (Lipinski definition) is 4. The van der Waals surface area contributed by atoms with Crippen molar-refractivity contribution in [1.29, 1.82) is 0 Å². The van der Waals surface area contributed by atoms with Crippen LogP contribution >= 0.6 is 0 Å². The summed E-state index contributed by atoms with van der Waals surface area (Å²) in [5, 5.41) is 5.93. The van der Waals surface area contributed by atoms with Crippen molar-refractivity contribution in [3.8, 4) is 17.2 Å². The van der Waals surface area contributed by atoms with E-state index in [0.29, 0.717) is 23.7 Å². The van der Waals surface area contributed by atoms with Gasteiger partial charge in [-0.3, -0.25) is 0 Å². The van der Waals surface area contributed by atoms with Crippen LogP contribution in [0.1, 0.15) is 31.2 Å². The first-order chi connectivity index (χ1) is 13.6. The molecule has 1 saturated carbocycles. The summed E-state index contributed by atoms with van der Waals surface area (Å²) in [6.07, 6.45) is 4.47. The second kappa shape index (κ2) is 8.87. The first kappa shape index (κ1) is 19.9. The number of carbonyl (C=O) groups is 1. The molecular formula is C22H28N2O4. The zero-order valence-electron chi connectivity index (χ0n) is 16.7. The number of nitrogens with one attached hydrogen (secondary N) is 2. The van der Waals surface area contributed by atoms with Gasteiger partial charge in [-0.15, -0.1) is 0 Å². The minimum Gasteiger partial charge on any atom is -0.497 e. The molecule has 0 unspecified atom stereocenters. The normalized spacial score (nSPS) is 15.0. The molecule has 0 atom stereocenters. The van der Waals surface area contributed by atoms with Crippen molar-refractivity contribution < 1.29 is 19.0 Å². The van der Waals surface area contributed by atoms with Gasteiger partial charge in [0.2, 0.25) is 0 Å². The van der Waals surface area contributed by atoms with E-state index in [9.17, 15) is 4.79 Å². The standard InChI is InChI=1S/C22H28N2O4/c1-26-18-9-6-16(7-10-18)22(12-4-5-13-22)15-23-21(25)24-17-8-11-19(27-2)20(14-17)28-3/h6-11,14H,4-5,12-13,15H2,1-3H3,(H2,23,24,25). The van der Waals surface area contributed by atoms with Crippen LogP contribution in [0.4, 0.5) is 10.5 Å². The van der Waals surface area contributed by atoms with Gasteiger partial charge < -0.3 is 24.8 Å². The van der Waals surface area contributed by atoms with E-state index in [-0.39, 0.29) is 11.4 Å². The molecule has 1 aliphatic rings. The number of anilines is 1. The van der Waals surface area contributed by atoms with Gasteiger partial charge in [0.25, 0.3) is 0 Å². The molecule has 0 heterocycles. The lowest BCUT2D eigenvalue weighted by atomic mass is 9.79. The molecule has 6 heteroatoms. The third-order valence-corrected chi connectivity index (χ3v) is 5.49. The summed E-state index contributed by atoms with van der Waals surface area (Å²) in [6, 6.07) is 13.3. The fourth-order valence-corrected chi connectivity index (χ4v) is 3.90. The molecule has 0 bridgehead atoms. The number of hydrogen-bond donors (Lipinski definition) is 2. The molecule has 2 aromatic carbocycles. The average Bonchev–Trinajstić information content (AvgIpc) is 3.22. The zero-order valence-corrected chi connectivity index (χ0v) is 16.7. The van der Waals surface area contributed by atoms with Crippen LogP contribution in [0.25, 0.3) is 0 Å². The summed E-state index contributed by atoms with van der Waals surface area (Å²) in [5.41, 5.74) is 1.87. The highest BCUT2D eigenvalue weighted by molar-refractivity contribution is 5.89. The molecule has 0 spiro atoms. The highest BCUT2D eigenvalue weighted by Gasteiger charge is 2.35. The van der Waals surface area contributed by atoms with E-state index in [4.69, 9.17) is 14.2 Å². The summed E-state index contributed by atoms with van der Waals surface area (Å²) in [4.78, 5) is 12.5. The topological polar surface area (TPSA) is 68.8 Å². The van der Waals surface area contributed by atoms with Crippen LogP contribution in [0.2, 0.25) is 0 Å². The Morgan fingerprint density at radius 2 is 1.61 bits per heavy atom. The van der Waals surface area contributed by atoms with E-state index < -0.39 is 0 Å². The lowest BCUT2D eigenvalue weighted by Crippen LogP contribution is -2.40. The van der Waals surface area contributed by atoms with Crippen LogP contribution in [-0.2, 0) is 5.41 Å². The SMILES string of the molecule is COc1ccc(C2(CNC(=O)Nc3ccc(OC)c(OC)c3)CCCC2)cc1. The van der Waals surface area contributed by atoms with Gasteiger partial charge >= 0.3 is 6.03 Å². The predicted octanol–water partition coefficient (Wildman–Crippen LogP) is 4.35. The van der Waals surface area contributed by atoms with Crippen LogP contribution in [0.15, 0.2) is 42.5 Å². The second-order valence-corrected chi connectivity index (χ2v) is 7.09. The summed E-state index contributed by atoms with van der Waals surface area (Å²) in [6.45, 7) is 0.596. The van der Waals surface area contributed by atoms with Crippen molar-refractivity contribution in [1.82, 2.24) is 5.32 Å². The first-order valence-electron chi connectivity index (χ1n) is 9.51. The molecule has 28 heavy (non-hydrogen) atoms. The third kappa shape index (κ3) is 4.32. The highest BCUT2D eigenvalue weighted by atomic mass is 16.5. The van der Waals surface area contributed by atoms with Crippen LogP contribution in [-0.4, -0.2) is 33.9 Å². The number of carbonyl (C=O) groups excluding carboxylic acids is 1. The molecule has 2 N–H and O–H groups in total. The molecule has 0 aromatic heterocycles. The second-order valence-electron chi connectivity index (χ2n) is 7.09. The van der Waals surface area contributed by atoms with E-state index in [0.717, 1.165) is 18.6 Å². The van der Waals surface area contributed by atoms with E-state index in [1.165, 1.54) is 18.4 Å². The van der Waals surface area contributed by atoms with Gasteiger partial charge in [-0.25, -0.2) is 4.79 Å². The summed E-state index contributed by atoms with van der Waals surface area (Å²) in [7, 11) is 4.82. The van der Waals surface area contributed by atoms with E-state index in [1.807, 2.05) is 12.1 Å². The molecule has 3 rings (SSSR count). The van der Waals surface area contributed by atoms with Crippen molar-refractivity contribution in [3.05, 3.63) is 48.0 Å². The number of benzene rings is 2. The lowest BCUT2D eigenvalue weighted by molar-refractivity contribution is 0.248. The van der Waals surface area contributed by atoms with Crippen molar-refractivity contribution in [3.63, 3.8) is 0 Å². The van der Waals surface area contributed by atoms with Crippen molar-refractivity contribution >= 4 is 11.7 Å². The predicted molar refractivity (Wildman–Crippen MR) is 110 cm³/mol. The Kier molecular flexibility index (Phi) is 6.29. The monoisotopic (exact) mass is 384 g/mol. The van der Waals surface area contributed by atoms with Gasteiger partial charge in [-0.05, 0) is 42.7 Å². The number of methoxy groups -OCH3 is 3. The van der Waals surface area contributed by atoms with E-state index >= 15 is 0 Å².